The number of benzene rings is 2. The van der Waals surface area contributed by atoms with Gasteiger partial charge in [0.2, 0.25) is 0 Å². The SMILES string of the molecule is CCc1c(C(=O)Nc2ccc(C3=C4C=CC=CC4C(=O)N=N3)cc2)nnn1-c1cccc(Cl)c1. The predicted octanol–water partition coefficient (Wildman–Crippen LogP) is 5.18. The second-order valence-corrected chi connectivity index (χ2v) is 8.16. The number of aromatic nitrogens is 3. The Labute approximate surface area is 200 Å². The van der Waals surface area contributed by atoms with Gasteiger partial charge in [-0.1, -0.05) is 66.2 Å². The van der Waals surface area contributed by atoms with E-state index in [1.807, 2.05) is 55.5 Å². The minimum Gasteiger partial charge on any atom is -0.321 e. The van der Waals surface area contributed by atoms with Crippen molar-refractivity contribution >= 4 is 34.8 Å². The van der Waals surface area contributed by atoms with E-state index in [1.54, 1.807) is 28.9 Å². The largest absolute Gasteiger partial charge is 0.321 e. The molecule has 34 heavy (non-hydrogen) atoms. The van der Waals surface area contributed by atoms with Crippen LogP contribution >= 0.6 is 11.6 Å². The van der Waals surface area contributed by atoms with E-state index in [-0.39, 0.29) is 17.5 Å². The maximum Gasteiger partial charge on any atom is 0.278 e. The average Bonchev–Trinajstić information content (AvgIpc) is 3.30. The number of allylic oxidation sites excluding steroid dienone is 3. The zero-order valence-electron chi connectivity index (χ0n) is 18.1. The van der Waals surface area contributed by atoms with Crippen molar-refractivity contribution < 1.29 is 9.59 Å². The van der Waals surface area contributed by atoms with Crippen molar-refractivity contribution in [3.05, 3.63) is 100 Å². The maximum absolute atomic E-state index is 13.0. The van der Waals surface area contributed by atoms with Crippen LogP contribution in [0.4, 0.5) is 5.69 Å². The molecule has 2 aliphatic rings. The second-order valence-electron chi connectivity index (χ2n) is 7.73. The van der Waals surface area contributed by atoms with Crippen LogP contribution in [0.2, 0.25) is 5.02 Å². The number of carbonyl (C=O) groups is 2. The van der Waals surface area contributed by atoms with E-state index < -0.39 is 5.92 Å². The van der Waals surface area contributed by atoms with Crippen molar-refractivity contribution in [2.45, 2.75) is 13.3 Å². The molecule has 3 aromatic rings. The monoisotopic (exact) mass is 470 g/mol. The molecule has 1 N–H and O–H groups in total. The van der Waals surface area contributed by atoms with Crippen LogP contribution in [0.15, 0.2) is 88.6 Å². The first-order chi connectivity index (χ1) is 16.5. The Morgan fingerprint density at radius 1 is 1.12 bits per heavy atom. The summed E-state index contributed by atoms with van der Waals surface area (Å²) in [7, 11) is 0. The third-order valence-corrected chi connectivity index (χ3v) is 5.83. The number of azo groups is 1. The van der Waals surface area contributed by atoms with Crippen molar-refractivity contribution in [3.8, 4) is 5.69 Å². The fourth-order valence-electron chi connectivity index (χ4n) is 3.94. The van der Waals surface area contributed by atoms with Gasteiger partial charge in [0.1, 0.15) is 0 Å². The number of nitrogens with one attached hydrogen (secondary N) is 1. The normalized spacial score (nSPS) is 16.6. The molecular formula is C25H19ClN6O2. The lowest BCUT2D eigenvalue weighted by atomic mass is 9.89. The highest BCUT2D eigenvalue weighted by Gasteiger charge is 2.27. The van der Waals surface area contributed by atoms with Crippen LogP contribution in [-0.4, -0.2) is 26.8 Å². The molecule has 0 spiro atoms. The maximum atomic E-state index is 13.0. The number of carbonyl (C=O) groups excluding carboxylic acids is 2. The predicted molar refractivity (Wildman–Crippen MR) is 129 cm³/mol. The van der Waals surface area contributed by atoms with Gasteiger partial charge in [0.05, 0.1) is 23.0 Å². The Balaban J connectivity index is 1.38. The summed E-state index contributed by atoms with van der Waals surface area (Å²) < 4.78 is 1.62. The molecule has 0 fully saturated rings. The molecule has 0 saturated heterocycles. The number of fused-ring (bicyclic) bond motifs is 1. The van der Waals surface area contributed by atoms with Gasteiger partial charge in [-0.25, -0.2) is 4.68 Å². The van der Waals surface area contributed by atoms with Gasteiger partial charge in [0, 0.05) is 16.3 Å². The molecule has 1 aromatic heterocycles. The molecule has 1 aliphatic carbocycles. The Bertz CT molecular complexity index is 1420. The van der Waals surface area contributed by atoms with Gasteiger partial charge in [-0.2, -0.15) is 0 Å². The van der Waals surface area contributed by atoms with Gasteiger partial charge in [-0.15, -0.1) is 15.3 Å². The van der Waals surface area contributed by atoms with Crippen LogP contribution in [0.1, 0.15) is 28.7 Å². The molecule has 0 bridgehead atoms. The van der Waals surface area contributed by atoms with Gasteiger partial charge in [0.15, 0.2) is 5.69 Å². The third-order valence-electron chi connectivity index (χ3n) is 5.60. The molecule has 5 rings (SSSR count). The number of rotatable bonds is 5. The highest BCUT2D eigenvalue weighted by molar-refractivity contribution is 6.30. The van der Waals surface area contributed by atoms with Crippen molar-refractivity contribution in [2.24, 2.45) is 16.1 Å². The molecule has 1 atom stereocenters. The van der Waals surface area contributed by atoms with Gasteiger partial charge in [-0.3, -0.25) is 9.59 Å². The summed E-state index contributed by atoms with van der Waals surface area (Å²) in [6.07, 6.45) is 7.95. The molecule has 0 radical (unpaired) electrons. The van der Waals surface area contributed by atoms with Gasteiger partial charge in [-0.05, 0) is 42.3 Å². The number of anilines is 1. The van der Waals surface area contributed by atoms with E-state index in [0.29, 0.717) is 28.5 Å². The van der Waals surface area contributed by atoms with Gasteiger partial charge < -0.3 is 5.32 Å². The molecule has 8 nitrogen and oxygen atoms in total. The lowest BCUT2D eigenvalue weighted by Gasteiger charge is -2.19. The Morgan fingerprint density at radius 2 is 1.94 bits per heavy atom. The molecule has 0 saturated carbocycles. The van der Waals surface area contributed by atoms with Crippen LogP contribution in [0.25, 0.3) is 11.4 Å². The highest BCUT2D eigenvalue weighted by Crippen LogP contribution is 2.34. The van der Waals surface area contributed by atoms with Crippen LogP contribution in [-0.2, 0) is 11.2 Å². The summed E-state index contributed by atoms with van der Waals surface area (Å²) >= 11 is 6.10. The van der Waals surface area contributed by atoms with Crippen LogP contribution in [0, 0.1) is 5.92 Å². The van der Waals surface area contributed by atoms with Gasteiger partial charge in [0.25, 0.3) is 11.8 Å². The lowest BCUT2D eigenvalue weighted by molar-refractivity contribution is -0.119. The summed E-state index contributed by atoms with van der Waals surface area (Å²) in [5, 5.41) is 19.6. The first kappa shape index (κ1) is 21.7. The van der Waals surface area contributed by atoms with Crippen LogP contribution < -0.4 is 5.32 Å². The Hall–Kier alpha value is -4.17. The summed E-state index contributed by atoms with van der Waals surface area (Å²) in [6.45, 7) is 1.94. The van der Waals surface area contributed by atoms with Crippen molar-refractivity contribution in [2.75, 3.05) is 5.32 Å². The quantitative estimate of drug-likeness (QED) is 0.554. The standard InChI is InChI=1S/C25H19ClN6O2/c1-2-21-23(29-31-32(21)18-7-5-6-16(26)14-18)25(34)27-17-12-10-15(11-13-17)22-19-8-3-4-9-20(19)24(33)30-28-22/h3-14,20H,2H2,1H3,(H,27,34). The lowest BCUT2D eigenvalue weighted by Crippen LogP contribution is -2.17. The van der Waals surface area contributed by atoms with Gasteiger partial charge >= 0.3 is 0 Å². The Kier molecular flexibility index (Phi) is 5.73. The number of amides is 2. The van der Waals surface area contributed by atoms with Crippen LogP contribution in [0.5, 0.6) is 0 Å². The summed E-state index contributed by atoms with van der Waals surface area (Å²) in [4.78, 5) is 25.0. The van der Waals surface area contributed by atoms with Crippen LogP contribution in [0.3, 0.4) is 0 Å². The number of hydrogen-bond donors (Lipinski definition) is 1. The zero-order chi connectivity index (χ0) is 23.7. The van der Waals surface area contributed by atoms with E-state index in [9.17, 15) is 9.59 Å². The molecule has 1 unspecified atom stereocenters. The first-order valence-corrected chi connectivity index (χ1v) is 11.1. The smallest absolute Gasteiger partial charge is 0.278 e. The van der Waals surface area contributed by atoms with Crippen molar-refractivity contribution in [1.82, 2.24) is 15.0 Å². The second kappa shape index (κ2) is 8.99. The highest BCUT2D eigenvalue weighted by atomic mass is 35.5. The van der Waals surface area contributed by atoms with E-state index >= 15 is 0 Å². The first-order valence-electron chi connectivity index (χ1n) is 10.7. The molecule has 9 heteroatoms. The minimum absolute atomic E-state index is 0.248. The minimum atomic E-state index is -0.411. The number of halogens is 1. The van der Waals surface area contributed by atoms with E-state index in [1.165, 1.54) is 0 Å². The fraction of sp³-hybridized carbons (Fsp3) is 0.120. The molecule has 168 valence electrons. The molecule has 2 amide bonds. The van der Waals surface area contributed by atoms with Crippen molar-refractivity contribution in [1.29, 1.82) is 0 Å². The topological polar surface area (TPSA) is 102 Å². The number of hydrogen-bond acceptors (Lipinski definition) is 5. The molecule has 2 aromatic carbocycles. The molecule has 1 aliphatic heterocycles. The Morgan fingerprint density at radius 3 is 2.71 bits per heavy atom. The average molecular weight is 471 g/mol. The third kappa shape index (κ3) is 3.99. The molecule has 2 heterocycles. The summed E-state index contributed by atoms with van der Waals surface area (Å²) in [6, 6.07) is 14.4. The van der Waals surface area contributed by atoms with E-state index in [2.05, 4.69) is 25.9 Å². The summed E-state index contributed by atoms with van der Waals surface area (Å²) in [5.74, 6) is -1.05. The number of nitrogens with zero attached hydrogens (tertiary/aromatic N) is 5. The zero-order valence-corrected chi connectivity index (χ0v) is 18.9. The van der Waals surface area contributed by atoms with Crippen molar-refractivity contribution in [3.63, 3.8) is 0 Å². The molecular weight excluding hydrogens is 452 g/mol. The summed E-state index contributed by atoms with van der Waals surface area (Å²) in [5.41, 5.74) is 4.51. The van der Waals surface area contributed by atoms with E-state index in [4.69, 9.17) is 11.6 Å². The fourth-order valence-corrected chi connectivity index (χ4v) is 4.12. The van der Waals surface area contributed by atoms with E-state index in [0.717, 1.165) is 16.8 Å².